The molecule has 4 nitrogen and oxygen atoms in total. The Morgan fingerprint density at radius 1 is 1.37 bits per heavy atom. The fourth-order valence-corrected chi connectivity index (χ4v) is 2.18. The molecule has 0 saturated heterocycles. The Bertz CT molecular complexity index is 542. The van der Waals surface area contributed by atoms with Crippen molar-refractivity contribution in [1.82, 2.24) is 15.5 Å². The van der Waals surface area contributed by atoms with Gasteiger partial charge in [-0.05, 0) is 37.4 Å². The maximum atomic E-state index is 5.22. The van der Waals surface area contributed by atoms with Gasteiger partial charge >= 0.3 is 0 Å². The molecule has 102 valence electrons. The van der Waals surface area contributed by atoms with E-state index in [0.29, 0.717) is 18.3 Å². The zero-order valence-corrected chi connectivity index (χ0v) is 12.7. The van der Waals surface area contributed by atoms with E-state index in [1.807, 2.05) is 24.3 Å². The molecule has 2 aromatic rings. The molecule has 1 fully saturated rings. The molecule has 0 amide bonds. The lowest BCUT2D eigenvalue weighted by atomic mass is 10.2. The zero-order valence-electron chi connectivity index (χ0n) is 10.3. The van der Waals surface area contributed by atoms with Crippen molar-refractivity contribution in [3.63, 3.8) is 0 Å². The van der Waals surface area contributed by atoms with E-state index >= 15 is 0 Å². The molecule has 1 aliphatic rings. The summed E-state index contributed by atoms with van der Waals surface area (Å²) in [6.07, 6.45) is 2.69. The van der Waals surface area contributed by atoms with Gasteiger partial charge in [0, 0.05) is 10.0 Å². The first-order valence-corrected chi connectivity index (χ1v) is 6.90. The Balaban J connectivity index is 0.00000133. The van der Waals surface area contributed by atoms with Crippen molar-refractivity contribution in [3.8, 4) is 11.4 Å². The maximum absolute atomic E-state index is 5.22. The number of aromatic nitrogens is 2. The first kappa shape index (κ1) is 14.5. The molecule has 0 unspecified atom stereocenters. The number of hydrogen-bond acceptors (Lipinski definition) is 4. The van der Waals surface area contributed by atoms with Gasteiger partial charge in [0.15, 0.2) is 0 Å². The van der Waals surface area contributed by atoms with E-state index in [9.17, 15) is 0 Å². The predicted molar refractivity (Wildman–Crippen MR) is 79.1 cm³/mol. The van der Waals surface area contributed by atoms with Crippen LogP contribution in [-0.4, -0.2) is 16.7 Å². The Hall–Kier alpha value is -0.910. The van der Waals surface area contributed by atoms with Gasteiger partial charge in [-0.15, -0.1) is 12.4 Å². The molecule has 0 spiro atoms. The minimum absolute atomic E-state index is 0. The van der Waals surface area contributed by atoms with Crippen molar-refractivity contribution in [2.45, 2.75) is 19.4 Å². The molecule has 3 rings (SSSR count). The van der Waals surface area contributed by atoms with Gasteiger partial charge in [-0.2, -0.15) is 4.98 Å². The number of nitrogens with one attached hydrogen (secondary N) is 1. The van der Waals surface area contributed by atoms with E-state index < -0.39 is 0 Å². The van der Waals surface area contributed by atoms with Crippen LogP contribution < -0.4 is 5.32 Å². The van der Waals surface area contributed by atoms with Crippen molar-refractivity contribution >= 4 is 28.3 Å². The number of nitrogens with zero attached hydrogens (tertiary/aromatic N) is 2. The molecule has 1 aromatic carbocycles. The second-order valence-electron chi connectivity index (χ2n) is 4.60. The van der Waals surface area contributed by atoms with Crippen molar-refractivity contribution in [2.24, 2.45) is 5.92 Å². The van der Waals surface area contributed by atoms with Gasteiger partial charge in [0.25, 0.3) is 0 Å². The highest BCUT2D eigenvalue weighted by atomic mass is 79.9. The SMILES string of the molecule is Brc1cccc(-c2noc(CNCC3CC3)n2)c1.Cl. The molecule has 1 saturated carbocycles. The quantitative estimate of drug-likeness (QED) is 0.903. The second kappa shape index (κ2) is 6.50. The molecule has 0 atom stereocenters. The maximum Gasteiger partial charge on any atom is 0.240 e. The highest BCUT2D eigenvalue weighted by Crippen LogP contribution is 2.27. The van der Waals surface area contributed by atoms with Crippen molar-refractivity contribution in [1.29, 1.82) is 0 Å². The summed E-state index contributed by atoms with van der Waals surface area (Å²) < 4.78 is 6.23. The van der Waals surface area contributed by atoms with Gasteiger partial charge in [0.1, 0.15) is 0 Å². The summed E-state index contributed by atoms with van der Waals surface area (Å²) in [4.78, 5) is 4.38. The fourth-order valence-electron chi connectivity index (χ4n) is 1.78. The lowest BCUT2D eigenvalue weighted by molar-refractivity contribution is 0.367. The largest absolute Gasteiger partial charge is 0.338 e. The molecule has 1 heterocycles. The third kappa shape index (κ3) is 4.03. The van der Waals surface area contributed by atoms with E-state index in [2.05, 4.69) is 31.4 Å². The average Bonchev–Trinajstić information content (AvgIpc) is 3.06. The van der Waals surface area contributed by atoms with Crippen LogP contribution in [0.15, 0.2) is 33.3 Å². The summed E-state index contributed by atoms with van der Waals surface area (Å²) in [6.45, 7) is 1.70. The lowest BCUT2D eigenvalue weighted by Crippen LogP contribution is -2.16. The summed E-state index contributed by atoms with van der Waals surface area (Å²) in [5, 5.41) is 7.33. The van der Waals surface area contributed by atoms with Crippen LogP contribution in [-0.2, 0) is 6.54 Å². The normalized spacial score (nSPS) is 14.2. The minimum Gasteiger partial charge on any atom is -0.338 e. The number of halogens is 2. The van der Waals surface area contributed by atoms with Gasteiger partial charge in [-0.25, -0.2) is 0 Å². The lowest BCUT2D eigenvalue weighted by Gasteiger charge is -1.97. The third-order valence-corrected chi connectivity index (χ3v) is 3.45. The van der Waals surface area contributed by atoms with Crippen LogP contribution in [0.4, 0.5) is 0 Å². The molecular formula is C13H15BrClN3O. The Kier molecular flexibility index (Phi) is 4.96. The predicted octanol–water partition coefficient (Wildman–Crippen LogP) is 3.42. The Morgan fingerprint density at radius 3 is 2.95 bits per heavy atom. The standard InChI is InChI=1S/C13H14BrN3O.ClH/c14-11-3-1-2-10(6-11)13-16-12(18-17-13)8-15-7-9-4-5-9;/h1-3,6,9,15H,4-5,7-8H2;1H. The number of rotatable bonds is 5. The van der Waals surface area contributed by atoms with Crippen LogP contribution in [0.5, 0.6) is 0 Å². The van der Waals surface area contributed by atoms with Crippen molar-refractivity contribution in [3.05, 3.63) is 34.6 Å². The van der Waals surface area contributed by atoms with Crippen LogP contribution in [0, 0.1) is 5.92 Å². The summed E-state index contributed by atoms with van der Waals surface area (Å²) in [7, 11) is 0. The van der Waals surface area contributed by atoms with Gasteiger partial charge in [-0.1, -0.05) is 33.2 Å². The van der Waals surface area contributed by atoms with E-state index in [1.54, 1.807) is 0 Å². The zero-order chi connectivity index (χ0) is 12.4. The van der Waals surface area contributed by atoms with Crippen LogP contribution in [0.3, 0.4) is 0 Å². The number of benzene rings is 1. The van der Waals surface area contributed by atoms with Crippen LogP contribution in [0.1, 0.15) is 18.7 Å². The minimum atomic E-state index is 0. The van der Waals surface area contributed by atoms with Gasteiger partial charge in [0.2, 0.25) is 11.7 Å². The molecular weight excluding hydrogens is 330 g/mol. The molecule has 0 aliphatic heterocycles. The first-order chi connectivity index (χ1) is 8.81. The van der Waals surface area contributed by atoms with E-state index in [1.165, 1.54) is 12.8 Å². The topological polar surface area (TPSA) is 51.0 Å². The fraction of sp³-hybridized carbons (Fsp3) is 0.385. The first-order valence-electron chi connectivity index (χ1n) is 6.10. The van der Waals surface area contributed by atoms with Crippen LogP contribution >= 0.6 is 28.3 Å². The Labute approximate surface area is 126 Å². The highest BCUT2D eigenvalue weighted by molar-refractivity contribution is 9.10. The van der Waals surface area contributed by atoms with Crippen molar-refractivity contribution < 1.29 is 4.52 Å². The molecule has 6 heteroatoms. The summed E-state index contributed by atoms with van der Waals surface area (Å²) in [5.74, 6) is 2.14. The number of hydrogen-bond donors (Lipinski definition) is 1. The smallest absolute Gasteiger partial charge is 0.240 e. The third-order valence-electron chi connectivity index (χ3n) is 2.96. The Morgan fingerprint density at radius 2 is 2.21 bits per heavy atom. The van der Waals surface area contributed by atoms with E-state index in [-0.39, 0.29) is 12.4 Å². The van der Waals surface area contributed by atoms with Crippen molar-refractivity contribution in [2.75, 3.05) is 6.54 Å². The van der Waals surface area contributed by atoms with Gasteiger partial charge < -0.3 is 9.84 Å². The average molecular weight is 345 g/mol. The highest BCUT2D eigenvalue weighted by Gasteiger charge is 2.20. The summed E-state index contributed by atoms with van der Waals surface area (Å²) in [5.41, 5.74) is 0.960. The van der Waals surface area contributed by atoms with Gasteiger partial charge in [-0.3, -0.25) is 0 Å². The van der Waals surface area contributed by atoms with E-state index in [4.69, 9.17) is 4.52 Å². The van der Waals surface area contributed by atoms with Crippen LogP contribution in [0.25, 0.3) is 11.4 Å². The monoisotopic (exact) mass is 343 g/mol. The molecule has 1 aliphatic carbocycles. The molecule has 0 radical (unpaired) electrons. The molecule has 19 heavy (non-hydrogen) atoms. The summed E-state index contributed by atoms with van der Waals surface area (Å²) in [6, 6.07) is 7.88. The van der Waals surface area contributed by atoms with E-state index in [0.717, 1.165) is 22.5 Å². The molecule has 1 aromatic heterocycles. The summed E-state index contributed by atoms with van der Waals surface area (Å²) >= 11 is 3.43. The van der Waals surface area contributed by atoms with Crippen LogP contribution in [0.2, 0.25) is 0 Å². The molecule has 1 N–H and O–H groups in total. The molecule has 0 bridgehead atoms. The second-order valence-corrected chi connectivity index (χ2v) is 5.51. The van der Waals surface area contributed by atoms with Gasteiger partial charge in [0.05, 0.1) is 6.54 Å².